The van der Waals surface area contributed by atoms with Gasteiger partial charge in [-0.25, -0.2) is 8.42 Å². The van der Waals surface area contributed by atoms with Gasteiger partial charge in [0.25, 0.3) is 0 Å². The summed E-state index contributed by atoms with van der Waals surface area (Å²) in [5.74, 6) is 0.485. The molecule has 2 saturated heterocycles. The number of piperidine rings is 1. The Bertz CT molecular complexity index is 836. The Morgan fingerprint density at radius 3 is 2.26 bits per heavy atom. The highest BCUT2D eigenvalue weighted by molar-refractivity contribution is 7.89. The van der Waals surface area contributed by atoms with Gasteiger partial charge in [-0.3, -0.25) is 0 Å². The zero-order chi connectivity index (χ0) is 18.7. The molecule has 0 saturated carbocycles. The van der Waals surface area contributed by atoms with Crippen LogP contribution in [0.3, 0.4) is 0 Å². The van der Waals surface area contributed by atoms with Crippen LogP contribution in [0, 0.1) is 5.92 Å². The minimum atomic E-state index is -3.64. The van der Waals surface area contributed by atoms with E-state index in [2.05, 4.69) is 5.32 Å². The number of ether oxygens (including phenoxy) is 1. The van der Waals surface area contributed by atoms with Crippen LogP contribution < -0.4 is 5.32 Å². The van der Waals surface area contributed by atoms with Crippen molar-refractivity contribution < 1.29 is 13.2 Å². The van der Waals surface area contributed by atoms with Gasteiger partial charge in [0.2, 0.25) is 10.0 Å². The second kappa shape index (κ2) is 8.10. The molecule has 0 aromatic heterocycles. The zero-order valence-electron chi connectivity index (χ0n) is 15.3. The summed E-state index contributed by atoms with van der Waals surface area (Å²) in [4.78, 5) is 0.326. The standard InChI is InChI=1S/C21H26N2O3S/c24-27(25,19-9-5-2-6-10-19)23-20(18-7-3-1-4-8-18)16-26-21(23)15-17-11-13-22-14-12-17/h1-10,17,20-22H,11-16H2/t20-,21-/m0/s1. The molecule has 0 aliphatic carbocycles. The van der Waals surface area contributed by atoms with E-state index in [1.165, 1.54) is 0 Å². The molecule has 5 nitrogen and oxygen atoms in total. The van der Waals surface area contributed by atoms with E-state index in [0.29, 0.717) is 17.4 Å². The third-order valence-electron chi connectivity index (χ3n) is 5.53. The molecule has 4 rings (SSSR count). The number of nitrogens with one attached hydrogen (secondary N) is 1. The summed E-state index contributed by atoms with van der Waals surface area (Å²) in [6.45, 7) is 2.38. The lowest BCUT2D eigenvalue weighted by Crippen LogP contribution is -2.40. The minimum absolute atomic E-state index is 0.289. The third-order valence-corrected chi connectivity index (χ3v) is 7.45. The predicted molar refractivity (Wildman–Crippen MR) is 105 cm³/mol. The average Bonchev–Trinajstić information content (AvgIpc) is 3.14. The van der Waals surface area contributed by atoms with E-state index in [-0.39, 0.29) is 6.04 Å². The Labute approximate surface area is 161 Å². The molecule has 0 unspecified atom stereocenters. The molecule has 0 radical (unpaired) electrons. The summed E-state index contributed by atoms with van der Waals surface area (Å²) in [5, 5.41) is 3.37. The second-order valence-electron chi connectivity index (χ2n) is 7.29. The molecule has 2 aliphatic rings. The van der Waals surface area contributed by atoms with Crippen molar-refractivity contribution in [3.63, 3.8) is 0 Å². The monoisotopic (exact) mass is 386 g/mol. The molecule has 2 aromatic carbocycles. The first kappa shape index (κ1) is 18.6. The number of benzene rings is 2. The topological polar surface area (TPSA) is 58.6 Å². The first-order valence-electron chi connectivity index (χ1n) is 9.62. The number of hydrogen-bond donors (Lipinski definition) is 1. The van der Waals surface area contributed by atoms with Gasteiger partial charge in [-0.05, 0) is 56.0 Å². The molecule has 2 atom stereocenters. The molecular formula is C21H26N2O3S. The summed E-state index contributed by atoms with van der Waals surface area (Å²) in [5.41, 5.74) is 0.977. The molecule has 0 amide bonds. The summed E-state index contributed by atoms with van der Waals surface area (Å²) in [7, 11) is -3.64. The summed E-state index contributed by atoms with van der Waals surface area (Å²) >= 11 is 0. The van der Waals surface area contributed by atoms with E-state index >= 15 is 0 Å². The Hall–Kier alpha value is -1.73. The van der Waals surface area contributed by atoms with E-state index in [1.54, 1.807) is 28.6 Å². The van der Waals surface area contributed by atoms with Crippen molar-refractivity contribution in [3.05, 3.63) is 66.2 Å². The highest BCUT2D eigenvalue weighted by atomic mass is 32.2. The van der Waals surface area contributed by atoms with E-state index in [1.807, 2.05) is 36.4 Å². The van der Waals surface area contributed by atoms with Gasteiger partial charge in [-0.15, -0.1) is 0 Å². The molecular weight excluding hydrogens is 360 g/mol. The second-order valence-corrected chi connectivity index (χ2v) is 9.13. The Morgan fingerprint density at radius 1 is 0.963 bits per heavy atom. The van der Waals surface area contributed by atoms with Crippen LogP contribution >= 0.6 is 0 Å². The van der Waals surface area contributed by atoms with Crippen molar-refractivity contribution in [1.29, 1.82) is 0 Å². The number of sulfonamides is 1. The van der Waals surface area contributed by atoms with Crippen LogP contribution in [0.4, 0.5) is 0 Å². The smallest absolute Gasteiger partial charge is 0.245 e. The average molecular weight is 387 g/mol. The fraction of sp³-hybridized carbons (Fsp3) is 0.429. The van der Waals surface area contributed by atoms with Crippen molar-refractivity contribution in [2.24, 2.45) is 5.92 Å². The molecule has 0 bridgehead atoms. The molecule has 0 spiro atoms. The van der Waals surface area contributed by atoms with E-state index in [9.17, 15) is 8.42 Å². The van der Waals surface area contributed by atoms with Crippen LogP contribution in [0.25, 0.3) is 0 Å². The molecule has 1 N–H and O–H groups in total. The molecule has 2 fully saturated rings. The molecule has 144 valence electrons. The lowest BCUT2D eigenvalue weighted by atomic mass is 9.94. The Balaban J connectivity index is 1.67. The molecule has 6 heteroatoms. The Morgan fingerprint density at radius 2 is 1.59 bits per heavy atom. The maximum atomic E-state index is 13.5. The predicted octanol–water partition coefficient (Wildman–Crippen LogP) is 3.16. The van der Waals surface area contributed by atoms with Crippen LogP contribution in [-0.4, -0.2) is 38.6 Å². The molecule has 2 aromatic rings. The van der Waals surface area contributed by atoms with E-state index < -0.39 is 16.3 Å². The fourth-order valence-electron chi connectivity index (χ4n) is 4.08. The van der Waals surface area contributed by atoms with Crippen LogP contribution in [0.15, 0.2) is 65.6 Å². The lowest BCUT2D eigenvalue weighted by Gasteiger charge is -2.31. The first-order valence-corrected chi connectivity index (χ1v) is 11.1. The minimum Gasteiger partial charge on any atom is -0.360 e. The van der Waals surface area contributed by atoms with Gasteiger partial charge in [0.1, 0.15) is 6.23 Å². The number of hydrogen-bond acceptors (Lipinski definition) is 4. The van der Waals surface area contributed by atoms with Gasteiger partial charge < -0.3 is 10.1 Å². The number of rotatable bonds is 5. The summed E-state index contributed by atoms with van der Waals surface area (Å²) < 4.78 is 34.7. The van der Waals surface area contributed by atoms with Crippen molar-refractivity contribution in [1.82, 2.24) is 9.62 Å². The highest BCUT2D eigenvalue weighted by Gasteiger charge is 2.44. The van der Waals surface area contributed by atoms with Crippen molar-refractivity contribution in [2.75, 3.05) is 19.7 Å². The fourth-order valence-corrected chi connectivity index (χ4v) is 5.80. The quantitative estimate of drug-likeness (QED) is 0.858. The van der Waals surface area contributed by atoms with Gasteiger partial charge in [0.15, 0.2) is 0 Å². The molecule has 2 heterocycles. The third kappa shape index (κ3) is 3.94. The summed E-state index contributed by atoms with van der Waals surface area (Å²) in [6.07, 6.45) is 2.46. The van der Waals surface area contributed by atoms with Crippen molar-refractivity contribution in [2.45, 2.75) is 36.4 Å². The van der Waals surface area contributed by atoms with Crippen molar-refractivity contribution in [3.8, 4) is 0 Å². The van der Waals surface area contributed by atoms with Crippen LogP contribution in [0.5, 0.6) is 0 Å². The first-order chi connectivity index (χ1) is 13.2. The lowest BCUT2D eigenvalue weighted by molar-refractivity contribution is 0.0426. The SMILES string of the molecule is O=S(=O)(c1ccccc1)N1[C@H](CC2CCNCC2)OC[C@H]1c1ccccc1. The van der Waals surface area contributed by atoms with Gasteiger partial charge in [0.05, 0.1) is 17.5 Å². The van der Waals surface area contributed by atoms with Crippen LogP contribution in [0.1, 0.15) is 30.9 Å². The van der Waals surface area contributed by atoms with Gasteiger partial charge in [-0.1, -0.05) is 48.5 Å². The van der Waals surface area contributed by atoms with E-state index in [4.69, 9.17) is 4.74 Å². The van der Waals surface area contributed by atoms with Crippen LogP contribution in [0.2, 0.25) is 0 Å². The maximum Gasteiger partial charge on any atom is 0.245 e. The summed E-state index contributed by atoms with van der Waals surface area (Å²) in [6, 6.07) is 18.2. The highest BCUT2D eigenvalue weighted by Crippen LogP contribution is 2.38. The normalized spacial score (nSPS) is 24.9. The van der Waals surface area contributed by atoms with Crippen LogP contribution in [-0.2, 0) is 14.8 Å². The molecule has 27 heavy (non-hydrogen) atoms. The van der Waals surface area contributed by atoms with Gasteiger partial charge in [0, 0.05) is 0 Å². The molecule has 2 aliphatic heterocycles. The van der Waals surface area contributed by atoms with Crippen molar-refractivity contribution >= 4 is 10.0 Å². The van der Waals surface area contributed by atoms with E-state index in [0.717, 1.165) is 37.9 Å². The van der Waals surface area contributed by atoms with Gasteiger partial charge in [-0.2, -0.15) is 4.31 Å². The maximum absolute atomic E-state index is 13.5. The number of nitrogens with zero attached hydrogens (tertiary/aromatic N) is 1. The van der Waals surface area contributed by atoms with Gasteiger partial charge >= 0.3 is 0 Å². The largest absolute Gasteiger partial charge is 0.360 e. The Kier molecular flexibility index (Phi) is 5.59. The zero-order valence-corrected chi connectivity index (χ0v) is 16.1.